The Morgan fingerprint density at radius 1 is 1.00 bits per heavy atom. The van der Waals surface area contributed by atoms with Gasteiger partial charge in [0.05, 0.1) is 0 Å². The minimum Gasteiger partial charge on any atom is -0.344 e. The van der Waals surface area contributed by atoms with E-state index in [0.29, 0.717) is 16.7 Å². The molecule has 0 atom stereocenters. The summed E-state index contributed by atoms with van der Waals surface area (Å²) in [5.74, 6) is -0.122. The molecule has 0 heterocycles. The van der Waals surface area contributed by atoms with Crippen LogP contribution >= 0.6 is 0 Å². The fraction of sp³-hybridized carbons (Fsp3) is 0.0909. The van der Waals surface area contributed by atoms with Crippen molar-refractivity contribution in [2.45, 2.75) is 6.92 Å². The lowest BCUT2D eigenvalue weighted by Gasteiger charge is -2.11. The van der Waals surface area contributed by atoms with Crippen LogP contribution in [0.2, 0.25) is 0 Å². The van der Waals surface area contributed by atoms with Crippen molar-refractivity contribution < 1.29 is 9.59 Å². The van der Waals surface area contributed by atoms with Crippen LogP contribution in [0.4, 0.5) is 0 Å². The lowest BCUT2D eigenvalue weighted by molar-refractivity contribution is 0.0984. The number of hydrogen-bond acceptors (Lipinski definition) is 3. The number of carbonyl (C=O) groups excluding carboxylic acids is 2. The van der Waals surface area contributed by atoms with Gasteiger partial charge in [-0.25, -0.2) is 0 Å². The highest BCUT2D eigenvalue weighted by Gasteiger charge is 2.21. The first kappa shape index (κ1) is 10.3. The highest BCUT2D eigenvalue weighted by molar-refractivity contribution is 6.24. The van der Waals surface area contributed by atoms with Crippen molar-refractivity contribution in [1.29, 1.82) is 0 Å². The second-order valence-electron chi connectivity index (χ2n) is 3.07. The maximum Gasteiger partial charge on any atom is 0.189 e. The van der Waals surface area contributed by atoms with Gasteiger partial charge in [0.2, 0.25) is 0 Å². The zero-order valence-electron chi connectivity index (χ0n) is 7.91. The van der Waals surface area contributed by atoms with Crippen molar-refractivity contribution >= 4 is 11.6 Å². The first-order valence-corrected chi connectivity index (χ1v) is 4.06. The quantitative estimate of drug-likeness (QED) is 0.680. The van der Waals surface area contributed by atoms with Gasteiger partial charge in [0.15, 0.2) is 11.6 Å². The molecule has 0 fully saturated rings. The summed E-state index contributed by atoms with van der Waals surface area (Å²) in [6.45, 7) is 1.66. The molecule has 0 saturated heterocycles. The van der Waals surface area contributed by atoms with Crippen molar-refractivity contribution in [2.24, 2.45) is 0 Å². The smallest absolute Gasteiger partial charge is 0.189 e. The van der Waals surface area contributed by atoms with Crippen LogP contribution in [-0.4, -0.2) is 11.6 Å². The lowest BCUT2D eigenvalue weighted by Crippen LogP contribution is -2.14. The molecule has 3 nitrogen and oxygen atoms in total. The highest BCUT2D eigenvalue weighted by atomic mass is 16.1. The minimum absolute atomic E-state index is 0. The van der Waals surface area contributed by atoms with Crippen molar-refractivity contribution in [3.8, 4) is 0 Å². The van der Waals surface area contributed by atoms with Gasteiger partial charge in [-0.3, -0.25) is 9.59 Å². The molecule has 0 aromatic heterocycles. The summed E-state index contributed by atoms with van der Waals surface area (Å²) in [7, 11) is 0. The Morgan fingerprint density at radius 2 is 1.57 bits per heavy atom. The second kappa shape index (κ2) is 3.55. The predicted octanol–water partition coefficient (Wildman–Crippen LogP) is 2.17. The number of Topliss-reactive ketones (excluding diaryl/α,β-unsaturated/α-hetero) is 1. The topological polar surface area (TPSA) is 69.1 Å². The van der Waals surface area contributed by atoms with E-state index in [1.54, 1.807) is 31.2 Å². The number of fused-ring (bicyclic) bond motifs is 1. The summed E-state index contributed by atoms with van der Waals surface area (Å²) < 4.78 is 0. The second-order valence-corrected chi connectivity index (χ2v) is 3.07. The van der Waals surface area contributed by atoms with E-state index in [1.807, 2.05) is 0 Å². The van der Waals surface area contributed by atoms with Crippen LogP contribution in [0.15, 0.2) is 35.9 Å². The van der Waals surface area contributed by atoms with E-state index in [0.717, 1.165) is 0 Å². The molecule has 3 N–H and O–H groups in total. The summed E-state index contributed by atoms with van der Waals surface area (Å²) in [6, 6.07) is 6.89. The largest absolute Gasteiger partial charge is 0.344 e. The van der Waals surface area contributed by atoms with Crippen molar-refractivity contribution in [3.63, 3.8) is 0 Å². The zero-order valence-corrected chi connectivity index (χ0v) is 7.91. The third kappa shape index (κ3) is 1.38. The van der Waals surface area contributed by atoms with Crippen LogP contribution < -0.4 is 6.15 Å². The Labute approximate surface area is 82.0 Å². The zero-order chi connectivity index (χ0) is 9.42. The molecule has 1 aromatic carbocycles. The van der Waals surface area contributed by atoms with Crippen LogP contribution in [0, 0.1) is 0 Å². The summed E-state index contributed by atoms with van der Waals surface area (Å²) in [5.41, 5.74) is 1.55. The Hall–Kier alpha value is -1.74. The van der Waals surface area contributed by atoms with Crippen LogP contribution in [0.1, 0.15) is 27.6 Å². The van der Waals surface area contributed by atoms with Gasteiger partial charge in [0.25, 0.3) is 0 Å². The van der Waals surface area contributed by atoms with Crippen LogP contribution in [0.5, 0.6) is 0 Å². The van der Waals surface area contributed by atoms with E-state index >= 15 is 0 Å². The van der Waals surface area contributed by atoms with Crippen molar-refractivity contribution in [2.75, 3.05) is 0 Å². The van der Waals surface area contributed by atoms with E-state index in [4.69, 9.17) is 0 Å². The fourth-order valence-electron chi connectivity index (χ4n) is 1.45. The first-order chi connectivity index (χ1) is 6.20. The predicted molar refractivity (Wildman–Crippen MR) is 53.9 cm³/mol. The molecule has 0 amide bonds. The maximum atomic E-state index is 11.5. The number of ketones is 2. The number of benzene rings is 1. The molecule has 72 valence electrons. The average Bonchev–Trinajstić information content (AvgIpc) is 2.15. The van der Waals surface area contributed by atoms with Crippen LogP contribution in [0.3, 0.4) is 0 Å². The number of hydrogen-bond donors (Lipinski definition) is 1. The SMILES string of the molecule is CC1=CC(=O)c2ccccc2C1=O.N. The third-order valence-electron chi connectivity index (χ3n) is 2.14. The average molecular weight is 189 g/mol. The fourth-order valence-corrected chi connectivity index (χ4v) is 1.45. The van der Waals surface area contributed by atoms with Crippen LogP contribution in [-0.2, 0) is 0 Å². The standard InChI is InChI=1S/C11H8O2.H3N/c1-7-6-10(12)8-4-2-3-5-9(8)11(7)13;/h2-6H,1H3;1H3. The Kier molecular flexibility index (Phi) is 2.63. The van der Waals surface area contributed by atoms with Crippen molar-refractivity contribution in [3.05, 3.63) is 47.0 Å². The molecule has 0 bridgehead atoms. The molecule has 0 radical (unpaired) electrons. The molecular weight excluding hydrogens is 178 g/mol. The Bertz CT molecular complexity index is 433. The van der Waals surface area contributed by atoms with E-state index in [9.17, 15) is 9.59 Å². The van der Waals surface area contributed by atoms with Gasteiger partial charge >= 0.3 is 0 Å². The molecule has 14 heavy (non-hydrogen) atoms. The lowest BCUT2D eigenvalue weighted by atomic mass is 9.90. The number of allylic oxidation sites excluding steroid dienone is 2. The first-order valence-electron chi connectivity index (χ1n) is 4.06. The number of rotatable bonds is 0. The molecule has 0 unspecified atom stereocenters. The van der Waals surface area contributed by atoms with Gasteiger partial charge in [-0.15, -0.1) is 0 Å². The van der Waals surface area contributed by atoms with Gasteiger partial charge in [-0.1, -0.05) is 24.3 Å². The molecule has 2 rings (SSSR count). The monoisotopic (exact) mass is 189 g/mol. The van der Waals surface area contributed by atoms with Crippen LogP contribution in [0.25, 0.3) is 0 Å². The number of carbonyl (C=O) groups is 2. The van der Waals surface area contributed by atoms with Gasteiger partial charge in [-0.2, -0.15) is 0 Å². The summed E-state index contributed by atoms with van der Waals surface area (Å²) in [5, 5.41) is 0. The van der Waals surface area contributed by atoms with E-state index in [1.165, 1.54) is 6.08 Å². The molecule has 1 aromatic rings. The van der Waals surface area contributed by atoms with E-state index in [2.05, 4.69) is 0 Å². The maximum absolute atomic E-state index is 11.5. The third-order valence-corrected chi connectivity index (χ3v) is 2.14. The highest BCUT2D eigenvalue weighted by Crippen LogP contribution is 2.20. The van der Waals surface area contributed by atoms with Gasteiger partial charge < -0.3 is 6.15 Å². The van der Waals surface area contributed by atoms with Crippen molar-refractivity contribution in [1.82, 2.24) is 6.15 Å². The molecule has 1 aliphatic rings. The summed E-state index contributed by atoms with van der Waals surface area (Å²) in [6.07, 6.45) is 1.39. The van der Waals surface area contributed by atoms with E-state index in [-0.39, 0.29) is 17.7 Å². The molecule has 3 heteroatoms. The summed E-state index contributed by atoms with van der Waals surface area (Å²) >= 11 is 0. The minimum atomic E-state index is -0.0762. The van der Waals surface area contributed by atoms with Gasteiger partial charge in [0.1, 0.15) is 0 Å². The molecule has 1 aliphatic carbocycles. The molecular formula is C11H11NO2. The molecule has 0 spiro atoms. The van der Waals surface area contributed by atoms with E-state index < -0.39 is 0 Å². The normalized spacial score (nSPS) is 14.2. The van der Waals surface area contributed by atoms with Gasteiger partial charge in [-0.05, 0) is 13.0 Å². The molecule has 0 saturated carbocycles. The Morgan fingerprint density at radius 3 is 2.21 bits per heavy atom. The summed E-state index contributed by atoms with van der Waals surface area (Å²) in [4.78, 5) is 23.0. The van der Waals surface area contributed by atoms with Gasteiger partial charge in [0, 0.05) is 16.7 Å². The Balaban J connectivity index is 0.000000980. The molecule has 0 aliphatic heterocycles.